The summed E-state index contributed by atoms with van der Waals surface area (Å²) in [5.41, 5.74) is 3.29. The van der Waals surface area contributed by atoms with Crippen LogP contribution in [0.5, 0.6) is 11.5 Å². The van der Waals surface area contributed by atoms with Crippen molar-refractivity contribution in [2.75, 3.05) is 52.5 Å². The van der Waals surface area contributed by atoms with Crippen LogP contribution in [0.25, 0.3) is 21.2 Å². The summed E-state index contributed by atoms with van der Waals surface area (Å²) in [4.78, 5) is 4.89. The zero-order valence-corrected chi connectivity index (χ0v) is 17.3. The lowest BCUT2D eigenvalue weighted by Crippen LogP contribution is -2.41. The molecule has 0 aliphatic carbocycles. The minimum absolute atomic E-state index is 0.239. The highest BCUT2D eigenvalue weighted by molar-refractivity contribution is 7.17. The lowest BCUT2D eigenvalue weighted by Gasteiger charge is -2.29. The predicted octanol–water partition coefficient (Wildman–Crippen LogP) is 3.80. The summed E-state index contributed by atoms with van der Waals surface area (Å²) in [7, 11) is 0. The zero-order chi connectivity index (χ0) is 19.6. The van der Waals surface area contributed by atoms with Crippen molar-refractivity contribution in [1.82, 2.24) is 9.80 Å². The maximum atomic E-state index is 10.7. The smallest absolute Gasteiger partial charge is 0.165 e. The van der Waals surface area contributed by atoms with Gasteiger partial charge in [-0.1, -0.05) is 18.2 Å². The molecule has 0 radical (unpaired) electrons. The number of phenols is 1. The first-order valence-corrected chi connectivity index (χ1v) is 11.1. The van der Waals surface area contributed by atoms with Crippen LogP contribution in [0.3, 0.4) is 0 Å². The number of hydrogen-bond donors (Lipinski definition) is 1. The molecule has 2 aliphatic heterocycles. The van der Waals surface area contributed by atoms with Crippen molar-refractivity contribution in [3.8, 4) is 22.6 Å². The summed E-state index contributed by atoms with van der Waals surface area (Å²) in [5, 5.41) is 14.1. The standard InChI is InChI=1S/C23H26N2O3S/c26-21-14-17(20-16-29-22-4-2-1-3-19(20)22)13-18-15-25(9-12-28-23(18)21)6-5-24-7-10-27-11-8-24/h1-4,13-14,16,26H,5-12,15H2. The van der Waals surface area contributed by atoms with E-state index in [1.807, 2.05) is 6.07 Å². The van der Waals surface area contributed by atoms with Gasteiger partial charge < -0.3 is 14.6 Å². The highest BCUT2D eigenvalue weighted by atomic mass is 32.1. The van der Waals surface area contributed by atoms with Crippen molar-refractivity contribution in [1.29, 1.82) is 0 Å². The molecule has 6 heteroatoms. The number of benzene rings is 2. The van der Waals surface area contributed by atoms with Gasteiger partial charge in [0.1, 0.15) is 6.61 Å². The lowest BCUT2D eigenvalue weighted by molar-refractivity contribution is 0.0327. The molecule has 1 fully saturated rings. The van der Waals surface area contributed by atoms with Crippen molar-refractivity contribution < 1.29 is 14.6 Å². The molecule has 2 aromatic carbocycles. The largest absolute Gasteiger partial charge is 0.504 e. The molecule has 2 aliphatic rings. The summed E-state index contributed by atoms with van der Waals surface area (Å²) in [6.07, 6.45) is 0. The van der Waals surface area contributed by atoms with Gasteiger partial charge >= 0.3 is 0 Å². The van der Waals surface area contributed by atoms with Crippen LogP contribution in [0.1, 0.15) is 5.56 Å². The SMILES string of the molecule is Oc1cc(-c2csc3ccccc23)cc2c1OCCN(CCN1CCOCC1)C2. The van der Waals surface area contributed by atoms with Gasteiger partial charge in [0.25, 0.3) is 0 Å². The molecule has 152 valence electrons. The van der Waals surface area contributed by atoms with Crippen LogP contribution in [-0.4, -0.2) is 67.5 Å². The second kappa shape index (κ2) is 8.32. The number of thiophene rings is 1. The first kappa shape index (κ1) is 18.9. The van der Waals surface area contributed by atoms with Gasteiger partial charge in [0.2, 0.25) is 0 Å². The van der Waals surface area contributed by atoms with Crippen LogP contribution in [0.4, 0.5) is 0 Å². The second-order valence-electron chi connectivity index (χ2n) is 7.71. The first-order chi connectivity index (χ1) is 14.3. The highest BCUT2D eigenvalue weighted by Gasteiger charge is 2.21. The quantitative estimate of drug-likeness (QED) is 0.709. The van der Waals surface area contributed by atoms with Gasteiger partial charge in [0.05, 0.1) is 13.2 Å². The van der Waals surface area contributed by atoms with E-state index in [1.165, 1.54) is 15.6 Å². The normalized spacial score (nSPS) is 18.3. The summed E-state index contributed by atoms with van der Waals surface area (Å²) in [5.74, 6) is 0.880. The van der Waals surface area contributed by atoms with E-state index in [4.69, 9.17) is 9.47 Å². The van der Waals surface area contributed by atoms with Gasteiger partial charge in [-0.25, -0.2) is 0 Å². The first-order valence-electron chi connectivity index (χ1n) is 10.3. The van der Waals surface area contributed by atoms with Gasteiger partial charge in [0, 0.05) is 60.5 Å². The number of nitrogens with zero attached hydrogens (tertiary/aromatic N) is 2. The maximum absolute atomic E-state index is 10.7. The van der Waals surface area contributed by atoms with Gasteiger partial charge in [-0.3, -0.25) is 9.80 Å². The highest BCUT2D eigenvalue weighted by Crippen LogP contribution is 2.41. The van der Waals surface area contributed by atoms with Crippen LogP contribution in [0.2, 0.25) is 0 Å². The Balaban J connectivity index is 1.39. The van der Waals surface area contributed by atoms with Gasteiger partial charge in [-0.15, -0.1) is 11.3 Å². The van der Waals surface area contributed by atoms with Crippen LogP contribution in [0.15, 0.2) is 41.8 Å². The Morgan fingerprint density at radius 3 is 2.66 bits per heavy atom. The molecule has 5 rings (SSSR count). The van der Waals surface area contributed by atoms with Crippen molar-refractivity contribution in [2.24, 2.45) is 0 Å². The Morgan fingerprint density at radius 2 is 1.76 bits per heavy atom. The molecular weight excluding hydrogens is 384 g/mol. The third-order valence-electron chi connectivity index (χ3n) is 5.82. The number of fused-ring (bicyclic) bond motifs is 2. The summed E-state index contributed by atoms with van der Waals surface area (Å²) in [6.45, 7) is 7.99. The zero-order valence-electron chi connectivity index (χ0n) is 16.5. The fourth-order valence-corrected chi connectivity index (χ4v) is 5.18. The molecule has 1 aromatic heterocycles. The van der Waals surface area contributed by atoms with Crippen molar-refractivity contribution in [2.45, 2.75) is 6.54 Å². The van der Waals surface area contributed by atoms with Crippen LogP contribution >= 0.6 is 11.3 Å². The topological polar surface area (TPSA) is 45.2 Å². The van der Waals surface area contributed by atoms with Gasteiger partial charge in [-0.05, 0) is 29.1 Å². The maximum Gasteiger partial charge on any atom is 0.165 e. The Bertz CT molecular complexity index is 997. The average Bonchev–Trinajstić information content (AvgIpc) is 3.07. The predicted molar refractivity (Wildman–Crippen MR) is 117 cm³/mol. The third-order valence-corrected chi connectivity index (χ3v) is 6.79. The third kappa shape index (κ3) is 3.98. The molecule has 1 saturated heterocycles. The average molecular weight is 411 g/mol. The second-order valence-corrected chi connectivity index (χ2v) is 8.62. The van der Waals surface area contributed by atoms with Gasteiger partial charge in [-0.2, -0.15) is 0 Å². The number of morpholine rings is 1. The monoisotopic (exact) mass is 410 g/mol. The van der Waals surface area contributed by atoms with E-state index in [-0.39, 0.29) is 5.75 Å². The van der Waals surface area contributed by atoms with Crippen molar-refractivity contribution in [3.05, 3.63) is 47.3 Å². The van der Waals surface area contributed by atoms with Gasteiger partial charge in [0.15, 0.2) is 11.5 Å². The van der Waals surface area contributed by atoms with E-state index in [2.05, 4.69) is 45.5 Å². The summed E-state index contributed by atoms with van der Waals surface area (Å²) >= 11 is 1.74. The van der Waals surface area contributed by atoms with Crippen LogP contribution < -0.4 is 4.74 Å². The molecule has 0 amide bonds. The summed E-state index contributed by atoms with van der Waals surface area (Å²) < 4.78 is 12.7. The van der Waals surface area contributed by atoms with Crippen molar-refractivity contribution in [3.63, 3.8) is 0 Å². The number of aromatic hydroxyl groups is 1. The molecule has 1 N–H and O–H groups in total. The van der Waals surface area contributed by atoms with E-state index in [0.717, 1.165) is 63.6 Å². The molecule has 3 heterocycles. The molecule has 0 bridgehead atoms. The van der Waals surface area contributed by atoms with E-state index in [1.54, 1.807) is 11.3 Å². The fourth-order valence-electron chi connectivity index (χ4n) is 4.21. The molecule has 3 aromatic rings. The Kier molecular flexibility index (Phi) is 5.42. The van der Waals surface area contributed by atoms with Crippen LogP contribution in [-0.2, 0) is 11.3 Å². The number of phenolic OH excluding ortho intramolecular Hbond substituents is 1. The molecule has 29 heavy (non-hydrogen) atoms. The Labute approximate surface area is 175 Å². The molecule has 5 nitrogen and oxygen atoms in total. The molecule has 0 saturated carbocycles. The van der Waals surface area contributed by atoms with E-state index in [9.17, 15) is 5.11 Å². The Hall–Kier alpha value is -2.12. The van der Waals surface area contributed by atoms with E-state index in [0.29, 0.717) is 12.4 Å². The minimum atomic E-state index is 0.239. The van der Waals surface area contributed by atoms with Crippen molar-refractivity contribution >= 4 is 21.4 Å². The fraction of sp³-hybridized carbons (Fsp3) is 0.391. The molecular formula is C23H26N2O3S. The Morgan fingerprint density at radius 1 is 0.966 bits per heavy atom. The minimum Gasteiger partial charge on any atom is -0.504 e. The lowest BCUT2D eigenvalue weighted by atomic mass is 10.0. The number of rotatable bonds is 4. The van der Waals surface area contributed by atoms with E-state index < -0.39 is 0 Å². The molecule has 0 spiro atoms. The molecule has 0 unspecified atom stereocenters. The number of hydrogen-bond acceptors (Lipinski definition) is 6. The summed E-state index contributed by atoms with van der Waals surface area (Å²) in [6, 6.07) is 12.5. The van der Waals surface area contributed by atoms with Crippen LogP contribution in [0, 0.1) is 0 Å². The van der Waals surface area contributed by atoms with E-state index >= 15 is 0 Å². The molecule has 0 atom stereocenters. The number of ether oxygens (including phenoxy) is 2.